The van der Waals surface area contributed by atoms with Crippen molar-refractivity contribution in [2.24, 2.45) is 0 Å². The van der Waals surface area contributed by atoms with Crippen LogP contribution in [0.5, 0.6) is 0 Å². The summed E-state index contributed by atoms with van der Waals surface area (Å²) in [6.45, 7) is 9.06. The first-order valence-corrected chi connectivity index (χ1v) is 11.7. The lowest BCUT2D eigenvalue weighted by Gasteiger charge is -2.32. The molecule has 4 rings (SSSR count). The van der Waals surface area contributed by atoms with Gasteiger partial charge in [-0.25, -0.2) is 0 Å². The quantitative estimate of drug-likeness (QED) is 0.272. The molecule has 0 amide bonds. The fourth-order valence-electron chi connectivity index (χ4n) is 4.84. The smallest absolute Gasteiger partial charge is 0.193 e. The molecule has 0 aliphatic heterocycles. The van der Waals surface area contributed by atoms with Gasteiger partial charge in [-0.1, -0.05) is 123 Å². The summed E-state index contributed by atoms with van der Waals surface area (Å²) in [5.74, 6) is 0.281. The monoisotopic (exact) mass is 430 g/mol. The molecular formula is C31H31BO. The van der Waals surface area contributed by atoms with Crippen molar-refractivity contribution in [1.82, 2.24) is 0 Å². The summed E-state index contributed by atoms with van der Waals surface area (Å²) in [5, 5.41) is 0. The van der Waals surface area contributed by atoms with Gasteiger partial charge in [0.15, 0.2) is 5.78 Å². The van der Waals surface area contributed by atoms with Gasteiger partial charge in [0.2, 0.25) is 0 Å². The molecule has 164 valence electrons. The molecule has 33 heavy (non-hydrogen) atoms. The second-order valence-corrected chi connectivity index (χ2v) is 9.57. The molecule has 0 bridgehead atoms. The molecule has 0 radical (unpaired) electrons. The standard InChI is InChI=1S/C31H31BO/c1-21-9-5-7-11-28(21)31(3,4)29-12-8-6-10-27(29)22(2)23-13-15-24(16-14-23)30(33)25-17-19-26(32)20-18-25/h5-20,22H,32H2,1-4H3/t22-/m1/s1. The third-order valence-electron chi connectivity index (χ3n) is 6.91. The highest BCUT2D eigenvalue weighted by molar-refractivity contribution is 6.32. The van der Waals surface area contributed by atoms with E-state index in [9.17, 15) is 4.79 Å². The number of rotatable bonds is 6. The molecule has 0 spiro atoms. The van der Waals surface area contributed by atoms with E-state index in [-0.39, 0.29) is 17.1 Å². The van der Waals surface area contributed by atoms with Gasteiger partial charge in [-0.05, 0) is 34.7 Å². The third kappa shape index (κ3) is 4.57. The Morgan fingerprint density at radius 1 is 0.727 bits per heavy atom. The van der Waals surface area contributed by atoms with Gasteiger partial charge in [-0.3, -0.25) is 4.79 Å². The van der Waals surface area contributed by atoms with E-state index in [1.54, 1.807) is 0 Å². The number of carbonyl (C=O) groups is 1. The molecule has 1 nitrogen and oxygen atoms in total. The molecule has 0 aliphatic rings. The average molecular weight is 430 g/mol. The summed E-state index contributed by atoms with van der Waals surface area (Å²) in [6.07, 6.45) is 0. The van der Waals surface area contributed by atoms with Crippen molar-refractivity contribution in [2.75, 3.05) is 0 Å². The van der Waals surface area contributed by atoms with Crippen LogP contribution in [0.4, 0.5) is 0 Å². The summed E-state index contributed by atoms with van der Waals surface area (Å²) in [6, 6.07) is 33.3. The molecule has 4 aromatic carbocycles. The maximum absolute atomic E-state index is 12.9. The summed E-state index contributed by atoms with van der Waals surface area (Å²) in [4.78, 5) is 12.9. The van der Waals surface area contributed by atoms with Gasteiger partial charge in [0.25, 0.3) is 0 Å². The second-order valence-electron chi connectivity index (χ2n) is 9.57. The highest BCUT2D eigenvalue weighted by Crippen LogP contribution is 2.39. The van der Waals surface area contributed by atoms with Crippen molar-refractivity contribution >= 4 is 19.1 Å². The minimum Gasteiger partial charge on any atom is -0.289 e. The lowest BCUT2D eigenvalue weighted by atomic mass is 9.72. The van der Waals surface area contributed by atoms with E-state index < -0.39 is 0 Å². The summed E-state index contributed by atoms with van der Waals surface area (Å²) >= 11 is 0. The predicted molar refractivity (Wildman–Crippen MR) is 142 cm³/mol. The number of aryl methyl sites for hydroxylation is 1. The highest BCUT2D eigenvalue weighted by Gasteiger charge is 2.28. The topological polar surface area (TPSA) is 17.1 Å². The molecule has 0 aliphatic carbocycles. The van der Waals surface area contributed by atoms with Gasteiger partial charge in [0, 0.05) is 22.5 Å². The van der Waals surface area contributed by atoms with E-state index >= 15 is 0 Å². The van der Waals surface area contributed by atoms with Gasteiger partial charge >= 0.3 is 0 Å². The van der Waals surface area contributed by atoms with E-state index in [4.69, 9.17) is 0 Å². The Morgan fingerprint density at radius 3 is 1.85 bits per heavy atom. The van der Waals surface area contributed by atoms with E-state index in [1.807, 2.05) is 44.2 Å². The molecule has 0 saturated carbocycles. The molecule has 1 atom stereocenters. The SMILES string of the molecule is Bc1ccc(C(=O)c2ccc([C@@H](C)c3ccccc3C(C)(C)c3ccccc3C)cc2)cc1. The zero-order chi connectivity index (χ0) is 23.6. The number of hydrogen-bond acceptors (Lipinski definition) is 1. The van der Waals surface area contributed by atoms with Crippen LogP contribution in [0.2, 0.25) is 0 Å². The van der Waals surface area contributed by atoms with Crippen LogP contribution in [0.15, 0.2) is 97.1 Å². The fraction of sp³-hybridized carbons (Fsp3) is 0.194. The zero-order valence-electron chi connectivity index (χ0n) is 20.2. The number of ketones is 1. The van der Waals surface area contributed by atoms with Gasteiger partial charge in [-0.15, -0.1) is 0 Å². The summed E-state index contributed by atoms with van der Waals surface area (Å²) < 4.78 is 0. The molecule has 0 aromatic heterocycles. The Balaban J connectivity index is 1.65. The first kappa shape index (κ1) is 22.8. The van der Waals surface area contributed by atoms with Gasteiger partial charge < -0.3 is 0 Å². The molecule has 2 heteroatoms. The van der Waals surface area contributed by atoms with Crippen LogP contribution >= 0.6 is 0 Å². The zero-order valence-corrected chi connectivity index (χ0v) is 20.2. The van der Waals surface area contributed by atoms with Gasteiger partial charge in [0.05, 0.1) is 0 Å². The van der Waals surface area contributed by atoms with Crippen LogP contribution in [-0.2, 0) is 5.41 Å². The number of carbonyl (C=O) groups excluding carboxylic acids is 1. The molecule has 0 heterocycles. The van der Waals surface area contributed by atoms with Crippen molar-refractivity contribution in [1.29, 1.82) is 0 Å². The van der Waals surface area contributed by atoms with E-state index in [0.717, 1.165) is 16.6 Å². The normalized spacial score (nSPS) is 12.4. The lowest BCUT2D eigenvalue weighted by Crippen LogP contribution is -2.23. The largest absolute Gasteiger partial charge is 0.289 e. The Bertz CT molecular complexity index is 1270. The van der Waals surface area contributed by atoms with Crippen LogP contribution in [-0.4, -0.2) is 13.6 Å². The predicted octanol–water partition coefficient (Wildman–Crippen LogP) is 5.96. The van der Waals surface area contributed by atoms with E-state index in [0.29, 0.717) is 0 Å². The van der Waals surface area contributed by atoms with Gasteiger partial charge in [0.1, 0.15) is 7.85 Å². The Kier molecular flexibility index (Phi) is 6.38. The molecule has 0 unspecified atom stereocenters. The maximum atomic E-state index is 12.9. The molecule has 4 aromatic rings. The molecule has 0 saturated heterocycles. The highest BCUT2D eigenvalue weighted by atomic mass is 16.1. The van der Waals surface area contributed by atoms with Crippen molar-refractivity contribution in [3.05, 3.63) is 136 Å². The Hall–Kier alpha value is -3.39. The van der Waals surface area contributed by atoms with Crippen molar-refractivity contribution < 1.29 is 4.79 Å². The minimum absolute atomic E-state index is 0.0651. The van der Waals surface area contributed by atoms with Crippen molar-refractivity contribution in [3.8, 4) is 0 Å². The first-order chi connectivity index (χ1) is 15.8. The molecular weight excluding hydrogens is 399 g/mol. The van der Waals surface area contributed by atoms with Gasteiger partial charge in [-0.2, -0.15) is 0 Å². The van der Waals surface area contributed by atoms with Crippen LogP contribution in [0.25, 0.3) is 0 Å². The third-order valence-corrected chi connectivity index (χ3v) is 6.91. The Labute approximate surface area is 198 Å². The number of benzene rings is 4. The maximum Gasteiger partial charge on any atom is 0.193 e. The molecule has 0 fully saturated rings. The first-order valence-electron chi connectivity index (χ1n) is 11.7. The fourth-order valence-corrected chi connectivity index (χ4v) is 4.84. The van der Waals surface area contributed by atoms with Crippen LogP contribution < -0.4 is 5.46 Å². The average Bonchev–Trinajstić information content (AvgIpc) is 2.84. The lowest BCUT2D eigenvalue weighted by molar-refractivity contribution is 0.103. The summed E-state index contributed by atoms with van der Waals surface area (Å²) in [7, 11) is 2.03. The second kappa shape index (κ2) is 9.23. The van der Waals surface area contributed by atoms with Crippen LogP contribution in [0.3, 0.4) is 0 Å². The van der Waals surface area contributed by atoms with Crippen molar-refractivity contribution in [3.63, 3.8) is 0 Å². The van der Waals surface area contributed by atoms with Crippen LogP contribution in [0, 0.1) is 6.92 Å². The number of hydrogen-bond donors (Lipinski definition) is 0. The molecule has 0 N–H and O–H groups in total. The van der Waals surface area contributed by atoms with E-state index in [1.165, 1.54) is 27.8 Å². The Morgan fingerprint density at radius 2 is 1.24 bits per heavy atom. The van der Waals surface area contributed by atoms with Crippen molar-refractivity contribution in [2.45, 2.75) is 39.0 Å². The summed E-state index contributed by atoms with van der Waals surface area (Å²) in [5.41, 5.74) is 9.03. The minimum atomic E-state index is -0.114. The van der Waals surface area contributed by atoms with E-state index in [2.05, 4.69) is 88.4 Å². The van der Waals surface area contributed by atoms with Crippen LogP contribution in [0.1, 0.15) is 70.4 Å².